The summed E-state index contributed by atoms with van der Waals surface area (Å²) in [6.07, 6.45) is -0.689. The van der Waals surface area contributed by atoms with Gasteiger partial charge < -0.3 is 15.8 Å². The lowest BCUT2D eigenvalue weighted by molar-refractivity contribution is 0.0494. The summed E-state index contributed by atoms with van der Waals surface area (Å²) in [7, 11) is 11.3. The van der Waals surface area contributed by atoms with Crippen molar-refractivity contribution < 1.29 is 9.53 Å². The van der Waals surface area contributed by atoms with Gasteiger partial charge in [0.25, 0.3) is 0 Å². The van der Waals surface area contributed by atoms with Crippen molar-refractivity contribution in [2.24, 2.45) is 5.73 Å². The third-order valence-corrected chi connectivity index (χ3v) is 1.77. The zero-order valence-corrected chi connectivity index (χ0v) is 10.0. The van der Waals surface area contributed by atoms with Gasteiger partial charge in [-0.25, -0.2) is 4.79 Å². The second-order valence-electron chi connectivity index (χ2n) is 5.22. The zero-order chi connectivity index (χ0) is 12.5. The van der Waals surface area contributed by atoms with E-state index in [1.54, 1.807) is 34.6 Å². The van der Waals surface area contributed by atoms with Crippen LogP contribution >= 0.6 is 0 Å². The Labute approximate surface area is 94.1 Å². The fourth-order valence-electron chi connectivity index (χ4n) is 0.634. The van der Waals surface area contributed by atoms with Gasteiger partial charge in [0.05, 0.1) is 15.7 Å². The Morgan fingerprint density at radius 3 is 1.87 bits per heavy atom. The van der Waals surface area contributed by atoms with Crippen molar-refractivity contribution in [1.82, 2.24) is 5.32 Å². The molecule has 1 amide bonds. The molecule has 0 heterocycles. The summed E-state index contributed by atoms with van der Waals surface area (Å²) < 4.78 is 5.00. The summed E-state index contributed by atoms with van der Waals surface area (Å²) in [6, 6.07) is 0. The van der Waals surface area contributed by atoms with Gasteiger partial charge in [-0.3, -0.25) is 0 Å². The molecule has 3 N–H and O–H groups in total. The molecule has 0 bridgehead atoms. The van der Waals surface area contributed by atoms with Gasteiger partial charge in [-0.05, 0) is 40.0 Å². The van der Waals surface area contributed by atoms with Crippen molar-refractivity contribution in [3.8, 4) is 0 Å². The largest absolute Gasteiger partial charge is 0.444 e. The van der Waals surface area contributed by atoms with E-state index in [1.807, 2.05) is 0 Å². The Hall–Kier alpha value is -0.640. The maximum Gasteiger partial charge on any atom is 0.406 e. The van der Waals surface area contributed by atoms with Crippen LogP contribution in [0.3, 0.4) is 0 Å². The van der Waals surface area contributed by atoms with Gasteiger partial charge in [0.15, 0.2) is 0 Å². The number of hydrogen-bond acceptors (Lipinski definition) is 3. The van der Waals surface area contributed by atoms with E-state index in [-0.39, 0.29) is 0 Å². The van der Waals surface area contributed by atoms with E-state index in [2.05, 4.69) is 5.32 Å². The first-order chi connectivity index (χ1) is 6.35. The minimum Gasteiger partial charge on any atom is -0.444 e. The molecule has 0 spiro atoms. The van der Waals surface area contributed by atoms with Gasteiger partial charge in [0.2, 0.25) is 0 Å². The molecule has 0 unspecified atom stereocenters. The van der Waals surface area contributed by atoms with Crippen LogP contribution in [0.25, 0.3) is 0 Å². The van der Waals surface area contributed by atoms with Crippen LogP contribution in [0, 0.1) is 0 Å². The minimum atomic E-state index is -1.52. The molecule has 0 aromatic heterocycles. The molecule has 0 aliphatic carbocycles. The highest BCUT2D eigenvalue weighted by atomic mass is 16.6. The lowest BCUT2D eigenvalue weighted by Gasteiger charge is -2.40. The Kier molecular flexibility index (Phi) is 3.91. The number of nitrogens with two attached hydrogens (primary N) is 1. The molecule has 6 heteroatoms. The van der Waals surface area contributed by atoms with Crippen LogP contribution in [0.5, 0.6) is 0 Å². The molecule has 0 aliphatic heterocycles. The summed E-state index contributed by atoms with van der Waals surface area (Å²) in [4.78, 5) is 11.4. The third-order valence-electron chi connectivity index (χ3n) is 1.77. The molecule has 0 saturated carbocycles. The SMILES string of the molecule is [B]C([B])(NC(=O)OC(C)(C)C)C(C)(C)N. The highest BCUT2D eigenvalue weighted by molar-refractivity contribution is 6.41. The van der Waals surface area contributed by atoms with Crippen molar-refractivity contribution in [3.05, 3.63) is 0 Å². The lowest BCUT2D eigenvalue weighted by atomic mass is 9.53. The van der Waals surface area contributed by atoms with Gasteiger partial charge in [-0.2, -0.15) is 0 Å². The Bertz CT molecular complexity index is 241. The van der Waals surface area contributed by atoms with Crippen molar-refractivity contribution in [2.45, 2.75) is 51.1 Å². The quantitative estimate of drug-likeness (QED) is 0.638. The average molecular weight is 208 g/mol. The van der Waals surface area contributed by atoms with E-state index in [4.69, 9.17) is 26.2 Å². The number of nitrogens with one attached hydrogen (secondary N) is 1. The molecule has 15 heavy (non-hydrogen) atoms. The predicted molar refractivity (Wildman–Crippen MR) is 61.9 cm³/mol. The van der Waals surface area contributed by atoms with Gasteiger partial charge in [-0.1, -0.05) is 0 Å². The highest BCUT2D eigenvalue weighted by Gasteiger charge is 2.34. The average Bonchev–Trinajstić information content (AvgIpc) is 1.75. The number of carbonyl (C=O) groups is 1. The molecular formula is C9H18B2N2O2. The maximum absolute atomic E-state index is 11.4. The zero-order valence-electron chi connectivity index (χ0n) is 10.0. The summed E-state index contributed by atoms with van der Waals surface area (Å²) in [6.45, 7) is 8.47. The minimum absolute atomic E-state index is 0.598. The highest BCUT2D eigenvalue weighted by Crippen LogP contribution is 2.13. The van der Waals surface area contributed by atoms with Crippen LogP contribution in [-0.2, 0) is 4.74 Å². The number of amides is 1. The fourth-order valence-corrected chi connectivity index (χ4v) is 0.634. The van der Waals surface area contributed by atoms with Crippen LogP contribution in [-0.4, -0.2) is 38.3 Å². The monoisotopic (exact) mass is 208 g/mol. The van der Waals surface area contributed by atoms with E-state index < -0.39 is 22.6 Å². The number of alkyl carbamates (subject to hydrolysis) is 1. The van der Waals surface area contributed by atoms with E-state index in [1.165, 1.54) is 0 Å². The smallest absolute Gasteiger partial charge is 0.406 e. The molecule has 0 fully saturated rings. The molecule has 0 aliphatic rings. The van der Waals surface area contributed by atoms with Crippen LogP contribution in [0.2, 0.25) is 0 Å². The van der Waals surface area contributed by atoms with Gasteiger partial charge in [0, 0.05) is 5.54 Å². The first kappa shape index (κ1) is 14.4. The summed E-state index contributed by atoms with van der Waals surface area (Å²) in [5.41, 5.74) is 4.15. The predicted octanol–water partition coefficient (Wildman–Crippen LogP) is 0.239. The molecule has 0 atom stereocenters. The fraction of sp³-hybridized carbons (Fsp3) is 0.889. The molecule has 4 radical (unpaired) electrons. The van der Waals surface area contributed by atoms with Gasteiger partial charge in [0.1, 0.15) is 5.60 Å². The van der Waals surface area contributed by atoms with Crippen LogP contribution in [0.4, 0.5) is 4.79 Å². The topological polar surface area (TPSA) is 64.3 Å². The number of carbonyl (C=O) groups excluding carboxylic acids is 1. The molecular weight excluding hydrogens is 190 g/mol. The molecule has 82 valence electrons. The Balaban J connectivity index is 4.43. The van der Waals surface area contributed by atoms with E-state index in [9.17, 15) is 4.79 Å². The van der Waals surface area contributed by atoms with Crippen LogP contribution in [0.1, 0.15) is 34.6 Å². The lowest BCUT2D eigenvalue weighted by Crippen LogP contribution is -2.67. The van der Waals surface area contributed by atoms with Crippen LogP contribution in [0.15, 0.2) is 0 Å². The Morgan fingerprint density at radius 2 is 1.60 bits per heavy atom. The molecule has 0 aromatic carbocycles. The second kappa shape index (κ2) is 4.08. The summed E-state index contributed by atoms with van der Waals surface area (Å²) >= 11 is 0. The number of hydrogen-bond donors (Lipinski definition) is 2. The summed E-state index contributed by atoms with van der Waals surface area (Å²) in [5.74, 6) is 0. The molecule has 0 saturated heterocycles. The van der Waals surface area contributed by atoms with E-state index >= 15 is 0 Å². The number of ether oxygens (including phenoxy) is 1. The van der Waals surface area contributed by atoms with E-state index in [0.717, 1.165) is 0 Å². The standard InChI is InChI=1S/C9H18B2N2O2/c1-7(2,3)15-6(14)13-9(10,11)8(4,5)12/h12H2,1-5H3,(H,13,14). The van der Waals surface area contributed by atoms with Gasteiger partial charge in [-0.15, -0.1) is 0 Å². The van der Waals surface area contributed by atoms with Gasteiger partial charge >= 0.3 is 6.09 Å². The van der Waals surface area contributed by atoms with Crippen molar-refractivity contribution in [1.29, 1.82) is 0 Å². The summed E-state index contributed by atoms with van der Waals surface area (Å²) in [5, 5.41) is 0.804. The maximum atomic E-state index is 11.4. The normalized spacial score (nSPS) is 13.5. The number of rotatable bonds is 2. The molecule has 4 nitrogen and oxygen atoms in total. The molecule has 0 aromatic rings. The van der Waals surface area contributed by atoms with Crippen LogP contribution < -0.4 is 11.1 Å². The van der Waals surface area contributed by atoms with E-state index in [0.29, 0.717) is 0 Å². The molecule has 0 rings (SSSR count). The van der Waals surface area contributed by atoms with Crippen molar-refractivity contribution in [2.75, 3.05) is 0 Å². The first-order valence-electron chi connectivity index (χ1n) is 4.73. The third kappa shape index (κ3) is 5.11. The van der Waals surface area contributed by atoms with Crippen molar-refractivity contribution in [3.63, 3.8) is 0 Å². The van der Waals surface area contributed by atoms with Crippen molar-refractivity contribution >= 4 is 21.8 Å². The Morgan fingerprint density at radius 1 is 1.20 bits per heavy atom. The first-order valence-corrected chi connectivity index (χ1v) is 4.73. The second-order valence-corrected chi connectivity index (χ2v) is 5.22.